The topological polar surface area (TPSA) is 83.2 Å². The smallest absolute Gasteiger partial charge is 0.255 e. The number of primary sulfonamides is 1. The van der Waals surface area contributed by atoms with E-state index in [1.807, 2.05) is 30.3 Å². The second-order valence-electron chi connectivity index (χ2n) is 3.51. The molecule has 1 aromatic carbocycles. The number of aryl methyl sites for hydroxylation is 1. The van der Waals surface area contributed by atoms with Gasteiger partial charge in [0.2, 0.25) is 5.08 Å². The Hall–Kier alpha value is -0.560. The molecule has 0 aromatic heterocycles. The molecule has 0 heterocycles. The summed E-state index contributed by atoms with van der Waals surface area (Å²) in [5.41, 5.74) is 1.16. The van der Waals surface area contributed by atoms with Crippen molar-refractivity contribution in [1.29, 1.82) is 0 Å². The van der Waals surface area contributed by atoms with Crippen LogP contribution in [-0.2, 0) is 27.6 Å². The normalized spacial score (nSPS) is 13.6. The molecule has 0 fully saturated rings. The van der Waals surface area contributed by atoms with Crippen LogP contribution in [0.5, 0.6) is 0 Å². The molecule has 0 spiro atoms. The lowest BCUT2D eigenvalue weighted by Gasteiger charge is -2.09. The van der Waals surface area contributed by atoms with Gasteiger partial charge in [-0.3, -0.25) is 0 Å². The molecule has 0 aliphatic heterocycles. The monoisotopic (exact) mass is 261 g/mol. The van der Waals surface area contributed by atoms with Gasteiger partial charge in [0, 0.05) is 0 Å². The van der Waals surface area contributed by atoms with Gasteiger partial charge in [0.25, 0.3) is 10.0 Å². The first-order valence-corrected chi connectivity index (χ1v) is 8.07. The lowest BCUT2D eigenvalue weighted by Crippen LogP contribution is -2.25. The lowest BCUT2D eigenvalue weighted by molar-refractivity contribution is 0.587. The summed E-state index contributed by atoms with van der Waals surface area (Å²) in [5, 5.41) is 4.36. The van der Waals surface area contributed by atoms with E-state index < -0.39 is 26.3 Å². The van der Waals surface area contributed by atoms with Crippen LogP contribution in [0.3, 0.4) is 0 Å². The van der Waals surface area contributed by atoms with Gasteiger partial charge < -0.3 is 4.55 Å². The van der Waals surface area contributed by atoms with E-state index >= 15 is 0 Å². The second-order valence-corrected chi connectivity index (χ2v) is 7.07. The molecule has 6 heteroatoms. The molecule has 1 aromatic rings. The number of benzene rings is 1. The largest absolute Gasteiger partial charge is 0.616 e. The summed E-state index contributed by atoms with van der Waals surface area (Å²) in [6, 6.07) is 9.79. The van der Waals surface area contributed by atoms with Crippen LogP contribution in [0.1, 0.15) is 12.0 Å². The highest BCUT2D eigenvalue weighted by atomic mass is 32.3. The minimum atomic E-state index is -3.62. The Morgan fingerprint density at radius 2 is 1.88 bits per heavy atom. The van der Waals surface area contributed by atoms with Crippen LogP contribution in [0.2, 0.25) is 0 Å². The van der Waals surface area contributed by atoms with Crippen LogP contribution in [0.4, 0.5) is 0 Å². The highest BCUT2D eigenvalue weighted by Gasteiger charge is 2.14. The quantitative estimate of drug-likeness (QED) is 0.762. The predicted molar refractivity (Wildman–Crippen MR) is 65.7 cm³/mol. The third-order valence-electron chi connectivity index (χ3n) is 1.98. The molecule has 1 unspecified atom stereocenters. The van der Waals surface area contributed by atoms with E-state index in [1.54, 1.807) is 0 Å². The number of hydrogen-bond acceptors (Lipinski definition) is 3. The van der Waals surface area contributed by atoms with Gasteiger partial charge in [-0.05, 0) is 29.6 Å². The van der Waals surface area contributed by atoms with E-state index in [0.29, 0.717) is 12.2 Å². The fourth-order valence-electron chi connectivity index (χ4n) is 1.32. The van der Waals surface area contributed by atoms with Crippen LogP contribution in [0, 0.1) is 0 Å². The van der Waals surface area contributed by atoms with Crippen LogP contribution in [0.25, 0.3) is 0 Å². The highest BCUT2D eigenvalue weighted by Crippen LogP contribution is 2.05. The summed E-state index contributed by atoms with van der Waals surface area (Å²) < 4.78 is 32.6. The summed E-state index contributed by atoms with van der Waals surface area (Å²) in [7, 11) is -3.62. The van der Waals surface area contributed by atoms with Gasteiger partial charge in [0.15, 0.2) is 0 Å². The minimum absolute atomic E-state index is 0.366. The van der Waals surface area contributed by atoms with Crippen LogP contribution >= 0.6 is 0 Å². The van der Waals surface area contributed by atoms with Crippen molar-refractivity contribution in [1.82, 2.24) is 0 Å². The van der Waals surface area contributed by atoms with Crippen LogP contribution in [0.15, 0.2) is 30.3 Å². The maximum absolute atomic E-state index is 11.3. The minimum Gasteiger partial charge on any atom is -0.616 e. The third-order valence-corrected chi connectivity index (χ3v) is 5.09. The van der Waals surface area contributed by atoms with Gasteiger partial charge in [-0.2, -0.15) is 0 Å². The van der Waals surface area contributed by atoms with Crippen molar-refractivity contribution in [2.45, 2.75) is 12.8 Å². The first kappa shape index (κ1) is 13.5. The van der Waals surface area contributed by atoms with E-state index in [-0.39, 0.29) is 0 Å². The molecule has 0 saturated heterocycles. The van der Waals surface area contributed by atoms with Crippen molar-refractivity contribution >= 4 is 21.2 Å². The summed E-state index contributed by atoms with van der Waals surface area (Å²) in [5.74, 6) is 0.366. The van der Waals surface area contributed by atoms with Crippen molar-refractivity contribution in [3.05, 3.63) is 35.9 Å². The Morgan fingerprint density at radius 3 is 2.44 bits per heavy atom. The summed E-state index contributed by atoms with van der Waals surface area (Å²) in [4.78, 5) is 0. The van der Waals surface area contributed by atoms with Crippen molar-refractivity contribution in [2.75, 3.05) is 10.8 Å². The average Bonchev–Trinajstić information content (AvgIpc) is 2.16. The lowest BCUT2D eigenvalue weighted by atomic mass is 10.1. The van der Waals surface area contributed by atoms with E-state index in [2.05, 4.69) is 0 Å². The number of nitrogens with two attached hydrogens (primary N) is 1. The fourth-order valence-corrected chi connectivity index (χ4v) is 3.73. The van der Waals surface area contributed by atoms with Gasteiger partial charge >= 0.3 is 0 Å². The molecule has 4 nitrogen and oxygen atoms in total. The van der Waals surface area contributed by atoms with Gasteiger partial charge in [0.05, 0.1) is 0 Å². The van der Waals surface area contributed by atoms with Crippen molar-refractivity contribution in [2.24, 2.45) is 5.14 Å². The zero-order chi connectivity index (χ0) is 12.0. The standard InChI is InChI=1S/C10H15NO3S2/c11-16(13,14)9-15(12)8-4-7-10-5-2-1-3-6-10/h1-3,5-6H,4,7-9H2,(H2,11,13,14). The zero-order valence-corrected chi connectivity index (χ0v) is 10.5. The third kappa shape index (κ3) is 6.12. The van der Waals surface area contributed by atoms with Gasteiger partial charge in [-0.25, -0.2) is 13.6 Å². The molecule has 90 valence electrons. The Bertz CT molecular complexity index is 405. The molecule has 1 rings (SSSR count). The van der Waals surface area contributed by atoms with E-state index in [4.69, 9.17) is 5.14 Å². The molecule has 0 radical (unpaired) electrons. The maximum atomic E-state index is 11.3. The van der Waals surface area contributed by atoms with Crippen LogP contribution in [-0.4, -0.2) is 23.8 Å². The molecule has 0 bridgehead atoms. The Balaban J connectivity index is 2.26. The predicted octanol–water partition coefficient (Wildman–Crippen LogP) is 0.614. The Kier molecular flexibility index (Phi) is 5.27. The molecule has 2 N–H and O–H groups in total. The molecule has 0 saturated carbocycles. The maximum Gasteiger partial charge on any atom is 0.255 e. The summed E-state index contributed by atoms with van der Waals surface area (Å²) in [6.07, 6.45) is 1.50. The molecule has 0 aliphatic carbocycles. The number of hydrogen-bond donors (Lipinski definition) is 1. The van der Waals surface area contributed by atoms with Crippen molar-refractivity contribution in [3.8, 4) is 0 Å². The molecule has 1 atom stereocenters. The van der Waals surface area contributed by atoms with Crippen molar-refractivity contribution in [3.63, 3.8) is 0 Å². The van der Waals surface area contributed by atoms with Gasteiger partial charge in [-0.15, -0.1) is 0 Å². The Labute approximate surface area is 99.1 Å². The highest BCUT2D eigenvalue weighted by molar-refractivity contribution is 8.07. The number of rotatable bonds is 6. The molecule has 0 amide bonds. The molecular weight excluding hydrogens is 246 g/mol. The van der Waals surface area contributed by atoms with Crippen molar-refractivity contribution < 1.29 is 13.0 Å². The number of sulfonamides is 1. The summed E-state index contributed by atoms with van der Waals surface area (Å²) in [6.45, 7) is 0. The van der Waals surface area contributed by atoms with E-state index in [0.717, 1.165) is 12.0 Å². The summed E-state index contributed by atoms with van der Waals surface area (Å²) >= 11 is -1.38. The van der Waals surface area contributed by atoms with Gasteiger partial charge in [0.1, 0.15) is 5.75 Å². The first-order chi connectivity index (χ1) is 7.47. The fraction of sp³-hybridized carbons (Fsp3) is 0.400. The van der Waals surface area contributed by atoms with Gasteiger partial charge in [-0.1, -0.05) is 30.3 Å². The molecular formula is C10H15NO3S2. The van der Waals surface area contributed by atoms with E-state index in [9.17, 15) is 13.0 Å². The second kappa shape index (κ2) is 6.24. The average molecular weight is 261 g/mol. The SMILES string of the molecule is NS(=O)(=O)C[S+]([O-])CCCc1ccccc1. The Morgan fingerprint density at radius 1 is 1.25 bits per heavy atom. The first-order valence-electron chi connectivity index (χ1n) is 4.87. The molecule has 16 heavy (non-hydrogen) atoms. The zero-order valence-electron chi connectivity index (χ0n) is 8.83. The van der Waals surface area contributed by atoms with Crippen LogP contribution < -0.4 is 5.14 Å². The molecule has 0 aliphatic rings. The van der Waals surface area contributed by atoms with E-state index in [1.165, 1.54) is 0 Å².